The summed E-state index contributed by atoms with van der Waals surface area (Å²) in [5.74, 6) is 0.505. The third kappa shape index (κ3) is 2.96. The van der Waals surface area contributed by atoms with E-state index in [4.69, 9.17) is 10.5 Å². The maximum absolute atomic E-state index is 10.6. The molecule has 1 aromatic rings. The van der Waals surface area contributed by atoms with E-state index in [2.05, 4.69) is 4.98 Å². The number of aromatic nitrogens is 1. The van der Waals surface area contributed by atoms with Crippen molar-refractivity contribution in [3.8, 4) is 0 Å². The van der Waals surface area contributed by atoms with Crippen molar-refractivity contribution in [2.45, 2.75) is 44.3 Å². The molecule has 0 aliphatic carbocycles. The van der Waals surface area contributed by atoms with Crippen LogP contribution in [0.25, 0.3) is 0 Å². The van der Waals surface area contributed by atoms with Crippen LogP contribution >= 0.6 is 0 Å². The standard InChI is InChI=1S/C13H20N2O2/c1-12(2)9-13(16,5-7-17-12)8-10-4-3-6-15-11(10)14/h3-4,6,16H,5,7-9H2,1-2H3,(H2,14,15). The first kappa shape index (κ1) is 12.3. The molecule has 2 rings (SSSR count). The van der Waals surface area contributed by atoms with Crippen LogP contribution in [0.2, 0.25) is 0 Å². The van der Waals surface area contributed by atoms with E-state index < -0.39 is 5.60 Å². The van der Waals surface area contributed by atoms with Crippen LogP contribution in [-0.2, 0) is 11.2 Å². The van der Waals surface area contributed by atoms with Crippen molar-refractivity contribution >= 4 is 5.82 Å². The molecule has 0 spiro atoms. The van der Waals surface area contributed by atoms with Crippen LogP contribution in [-0.4, -0.2) is 27.9 Å². The summed E-state index contributed by atoms with van der Waals surface area (Å²) < 4.78 is 5.62. The van der Waals surface area contributed by atoms with E-state index in [0.717, 1.165) is 5.56 Å². The van der Waals surface area contributed by atoms with Gasteiger partial charge in [-0.3, -0.25) is 0 Å². The van der Waals surface area contributed by atoms with Gasteiger partial charge in [-0.05, 0) is 31.9 Å². The fourth-order valence-corrected chi connectivity index (χ4v) is 2.55. The number of aliphatic hydroxyl groups is 1. The SMILES string of the molecule is CC1(C)CC(O)(Cc2cccnc2N)CCO1. The van der Waals surface area contributed by atoms with Crippen molar-refractivity contribution in [2.24, 2.45) is 0 Å². The monoisotopic (exact) mass is 236 g/mol. The predicted molar refractivity (Wildman–Crippen MR) is 66.6 cm³/mol. The van der Waals surface area contributed by atoms with Crippen molar-refractivity contribution in [3.63, 3.8) is 0 Å². The van der Waals surface area contributed by atoms with Gasteiger partial charge in [0.15, 0.2) is 0 Å². The van der Waals surface area contributed by atoms with Crippen molar-refractivity contribution in [2.75, 3.05) is 12.3 Å². The van der Waals surface area contributed by atoms with Crippen molar-refractivity contribution in [3.05, 3.63) is 23.9 Å². The number of hydrogen-bond donors (Lipinski definition) is 2. The second kappa shape index (κ2) is 4.27. The molecular formula is C13H20N2O2. The molecule has 0 amide bonds. The van der Waals surface area contributed by atoms with Gasteiger partial charge in [-0.15, -0.1) is 0 Å². The van der Waals surface area contributed by atoms with E-state index in [1.807, 2.05) is 26.0 Å². The zero-order valence-corrected chi connectivity index (χ0v) is 10.4. The maximum Gasteiger partial charge on any atom is 0.126 e. The Balaban J connectivity index is 2.15. The largest absolute Gasteiger partial charge is 0.389 e. The van der Waals surface area contributed by atoms with Gasteiger partial charge >= 0.3 is 0 Å². The molecule has 1 aliphatic heterocycles. The van der Waals surface area contributed by atoms with Gasteiger partial charge in [-0.25, -0.2) is 4.98 Å². The molecule has 2 heterocycles. The fraction of sp³-hybridized carbons (Fsp3) is 0.615. The van der Waals surface area contributed by atoms with Gasteiger partial charge in [0.05, 0.1) is 17.8 Å². The van der Waals surface area contributed by atoms with Gasteiger partial charge in [0.25, 0.3) is 0 Å². The normalized spacial score (nSPS) is 27.9. The topological polar surface area (TPSA) is 68.4 Å². The predicted octanol–water partition coefficient (Wildman–Crippen LogP) is 1.53. The van der Waals surface area contributed by atoms with E-state index in [1.54, 1.807) is 6.20 Å². The Morgan fingerprint density at radius 2 is 2.29 bits per heavy atom. The molecule has 3 N–H and O–H groups in total. The Hall–Kier alpha value is -1.13. The van der Waals surface area contributed by atoms with Gasteiger partial charge < -0.3 is 15.6 Å². The molecule has 4 nitrogen and oxygen atoms in total. The van der Waals surface area contributed by atoms with Gasteiger partial charge in [0, 0.05) is 19.0 Å². The molecule has 0 saturated carbocycles. The molecule has 0 radical (unpaired) electrons. The van der Waals surface area contributed by atoms with Gasteiger partial charge in [-0.1, -0.05) is 6.07 Å². The number of nitrogen functional groups attached to an aromatic ring is 1. The first-order chi connectivity index (χ1) is 7.90. The third-order valence-electron chi connectivity index (χ3n) is 3.26. The molecule has 1 fully saturated rings. The fourth-order valence-electron chi connectivity index (χ4n) is 2.55. The second-order valence-corrected chi connectivity index (χ2v) is 5.48. The zero-order valence-electron chi connectivity index (χ0n) is 10.4. The summed E-state index contributed by atoms with van der Waals surface area (Å²) in [5, 5.41) is 10.6. The Kier molecular flexibility index (Phi) is 3.10. The Morgan fingerprint density at radius 3 is 2.94 bits per heavy atom. The Morgan fingerprint density at radius 1 is 1.53 bits per heavy atom. The lowest BCUT2D eigenvalue weighted by atomic mass is 9.80. The van der Waals surface area contributed by atoms with Crippen molar-refractivity contribution < 1.29 is 9.84 Å². The molecule has 1 saturated heterocycles. The van der Waals surface area contributed by atoms with Gasteiger partial charge in [0.1, 0.15) is 5.82 Å². The third-order valence-corrected chi connectivity index (χ3v) is 3.26. The van der Waals surface area contributed by atoms with Crippen LogP contribution in [0.4, 0.5) is 5.82 Å². The van der Waals surface area contributed by atoms with Crippen LogP contribution in [0.5, 0.6) is 0 Å². The lowest BCUT2D eigenvalue weighted by Gasteiger charge is -2.41. The number of ether oxygens (including phenoxy) is 1. The lowest BCUT2D eigenvalue weighted by molar-refractivity contribution is -0.143. The molecule has 17 heavy (non-hydrogen) atoms. The maximum atomic E-state index is 10.6. The summed E-state index contributed by atoms with van der Waals surface area (Å²) in [6.07, 6.45) is 3.47. The van der Waals surface area contributed by atoms with E-state index in [1.165, 1.54) is 0 Å². The smallest absolute Gasteiger partial charge is 0.126 e. The summed E-state index contributed by atoms with van der Waals surface area (Å²) >= 11 is 0. The van der Waals surface area contributed by atoms with Crippen LogP contribution < -0.4 is 5.73 Å². The summed E-state index contributed by atoms with van der Waals surface area (Å²) in [4.78, 5) is 4.05. The quantitative estimate of drug-likeness (QED) is 0.817. The average Bonchev–Trinajstić information content (AvgIpc) is 2.19. The molecule has 1 unspecified atom stereocenters. The summed E-state index contributed by atoms with van der Waals surface area (Å²) in [7, 11) is 0. The zero-order chi connectivity index (χ0) is 12.5. The van der Waals surface area contributed by atoms with Crippen LogP contribution in [0, 0.1) is 0 Å². The first-order valence-electron chi connectivity index (χ1n) is 5.96. The van der Waals surface area contributed by atoms with Crippen molar-refractivity contribution in [1.82, 2.24) is 4.98 Å². The highest BCUT2D eigenvalue weighted by Gasteiger charge is 2.39. The molecular weight excluding hydrogens is 216 g/mol. The summed E-state index contributed by atoms with van der Waals surface area (Å²) in [5.41, 5.74) is 5.71. The minimum absolute atomic E-state index is 0.274. The van der Waals surface area contributed by atoms with E-state index >= 15 is 0 Å². The second-order valence-electron chi connectivity index (χ2n) is 5.48. The summed E-state index contributed by atoms with van der Waals surface area (Å²) in [6.45, 7) is 4.59. The van der Waals surface area contributed by atoms with E-state index in [0.29, 0.717) is 31.7 Å². The first-order valence-corrected chi connectivity index (χ1v) is 5.96. The number of nitrogens with zero attached hydrogens (tertiary/aromatic N) is 1. The van der Waals surface area contributed by atoms with E-state index in [-0.39, 0.29) is 5.60 Å². The highest BCUT2D eigenvalue weighted by atomic mass is 16.5. The molecule has 0 bridgehead atoms. The number of rotatable bonds is 2. The lowest BCUT2D eigenvalue weighted by Crippen LogP contribution is -2.47. The van der Waals surface area contributed by atoms with Crippen molar-refractivity contribution in [1.29, 1.82) is 0 Å². The molecule has 1 aromatic heterocycles. The summed E-state index contributed by atoms with van der Waals surface area (Å²) in [6, 6.07) is 3.77. The highest BCUT2D eigenvalue weighted by Crippen LogP contribution is 2.34. The van der Waals surface area contributed by atoms with Crippen LogP contribution in [0.1, 0.15) is 32.3 Å². The highest BCUT2D eigenvalue weighted by molar-refractivity contribution is 5.39. The molecule has 4 heteroatoms. The van der Waals surface area contributed by atoms with Gasteiger partial charge in [-0.2, -0.15) is 0 Å². The van der Waals surface area contributed by atoms with Crippen LogP contribution in [0.3, 0.4) is 0 Å². The van der Waals surface area contributed by atoms with Gasteiger partial charge in [0.2, 0.25) is 0 Å². The Bertz CT molecular complexity index is 406. The molecule has 94 valence electrons. The number of nitrogens with two attached hydrogens (primary N) is 1. The number of hydrogen-bond acceptors (Lipinski definition) is 4. The minimum Gasteiger partial charge on any atom is -0.389 e. The molecule has 1 atom stereocenters. The molecule has 0 aromatic carbocycles. The molecule has 1 aliphatic rings. The van der Waals surface area contributed by atoms with Crippen LogP contribution in [0.15, 0.2) is 18.3 Å². The Labute approximate surface area is 102 Å². The average molecular weight is 236 g/mol. The minimum atomic E-state index is -0.737. The number of anilines is 1. The number of pyridine rings is 1. The van der Waals surface area contributed by atoms with E-state index in [9.17, 15) is 5.11 Å².